The third kappa shape index (κ3) is 8.21. The zero-order chi connectivity index (χ0) is 34.9. The fourth-order valence-corrected chi connectivity index (χ4v) is 3.71. The molecule has 0 saturated carbocycles. The molecule has 1 unspecified atom stereocenters. The predicted octanol–water partition coefficient (Wildman–Crippen LogP) is 9.23. The van der Waals surface area contributed by atoms with E-state index in [1.54, 1.807) is 0 Å². The minimum atomic E-state index is -6.67. The quantitative estimate of drug-likeness (QED) is 0.204. The monoisotopic (exact) mass is 689 g/mol. The van der Waals surface area contributed by atoms with E-state index < -0.39 is 78.3 Å². The van der Waals surface area contributed by atoms with Crippen molar-refractivity contribution in [2.24, 2.45) is 0 Å². The van der Waals surface area contributed by atoms with Gasteiger partial charge in [0.25, 0.3) is 0 Å². The SMILES string of the molecule is OC(CN(Cc1cccc(C(F)(F)C(F)(F)C(F)(F)F)c1)c1cccc(Oc2cccc(OC(F)(F)C(F)(F)F)c2)c1)C(F)(F)F. The standard InChI is InChI=1S/C27H18F15NO3/c28-22(29,24(33,34)25(35,36)37)16-5-1-4-15(10-16)13-43(14-21(44)23(30,31)32)17-6-2-7-18(11-17)45-19-8-3-9-20(12-19)46-27(41,42)26(38,39)40/h1-12,21,44H,13-14H2. The molecule has 1 N–H and O–H groups in total. The summed E-state index contributed by atoms with van der Waals surface area (Å²) in [5.74, 6) is -14.0. The smallest absolute Gasteiger partial charge is 0.457 e. The normalized spacial score (nSPS) is 14.2. The lowest BCUT2D eigenvalue weighted by atomic mass is 9.99. The molecule has 3 aromatic carbocycles. The lowest BCUT2D eigenvalue weighted by Crippen LogP contribution is -2.50. The molecule has 0 aromatic heterocycles. The molecule has 46 heavy (non-hydrogen) atoms. The Balaban J connectivity index is 1.95. The second-order valence-electron chi connectivity index (χ2n) is 9.48. The molecule has 3 rings (SSSR count). The van der Waals surface area contributed by atoms with Crippen LogP contribution in [0, 0.1) is 0 Å². The van der Waals surface area contributed by atoms with E-state index in [2.05, 4.69) is 4.74 Å². The molecule has 0 spiro atoms. The molecule has 0 aliphatic carbocycles. The van der Waals surface area contributed by atoms with Crippen LogP contribution in [0.2, 0.25) is 0 Å². The number of hydrogen-bond acceptors (Lipinski definition) is 4. The molecule has 0 saturated heterocycles. The highest BCUT2D eigenvalue weighted by Gasteiger charge is 2.73. The van der Waals surface area contributed by atoms with Gasteiger partial charge in [-0.15, -0.1) is 0 Å². The van der Waals surface area contributed by atoms with Gasteiger partial charge in [0.15, 0.2) is 6.10 Å². The van der Waals surface area contributed by atoms with Crippen LogP contribution >= 0.6 is 0 Å². The number of hydrogen-bond donors (Lipinski definition) is 1. The third-order valence-corrected chi connectivity index (χ3v) is 5.98. The molecular formula is C27H18F15NO3. The number of aliphatic hydroxyl groups excluding tert-OH is 1. The molecule has 0 aliphatic heterocycles. The second kappa shape index (κ2) is 12.6. The molecule has 0 bridgehead atoms. The lowest BCUT2D eigenvalue weighted by molar-refractivity contribution is -0.360. The summed E-state index contributed by atoms with van der Waals surface area (Å²) in [7, 11) is 0. The number of ether oxygens (including phenoxy) is 2. The lowest BCUT2D eigenvalue weighted by Gasteiger charge is -2.30. The molecule has 3 aromatic rings. The van der Waals surface area contributed by atoms with Gasteiger partial charge in [0.1, 0.15) is 17.2 Å². The van der Waals surface area contributed by atoms with Crippen molar-refractivity contribution in [1.82, 2.24) is 0 Å². The van der Waals surface area contributed by atoms with Crippen LogP contribution in [-0.4, -0.2) is 48.3 Å². The minimum absolute atomic E-state index is 0.204. The van der Waals surface area contributed by atoms with Crippen molar-refractivity contribution < 1.29 is 80.4 Å². The predicted molar refractivity (Wildman–Crippen MR) is 129 cm³/mol. The highest BCUT2D eigenvalue weighted by Crippen LogP contribution is 2.52. The Morgan fingerprint density at radius 1 is 0.630 bits per heavy atom. The first-order chi connectivity index (χ1) is 20.8. The van der Waals surface area contributed by atoms with Crippen molar-refractivity contribution in [3.05, 3.63) is 83.9 Å². The Bertz CT molecular complexity index is 1490. The maximum atomic E-state index is 14.3. The van der Waals surface area contributed by atoms with Gasteiger partial charge in [-0.2, -0.15) is 65.9 Å². The van der Waals surface area contributed by atoms with Crippen LogP contribution in [0.3, 0.4) is 0 Å². The van der Waals surface area contributed by atoms with Gasteiger partial charge in [0, 0.05) is 29.9 Å². The summed E-state index contributed by atoms with van der Waals surface area (Å²) in [4.78, 5) is 0.674. The van der Waals surface area contributed by atoms with E-state index >= 15 is 0 Å². The van der Waals surface area contributed by atoms with Gasteiger partial charge < -0.3 is 19.5 Å². The van der Waals surface area contributed by atoms with Crippen LogP contribution in [0.15, 0.2) is 72.8 Å². The Kier molecular flexibility index (Phi) is 10.0. The summed E-state index contributed by atoms with van der Waals surface area (Å²) in [5.41, 5.74) is -2.60. The van der Waals surface area contributed by atoms with Crippen molar-refractivity contribution in [3.63, 3.8) is 0 Å². The topological polar surface area (TPSA) is 41.9 Å². The van der Waals surface area contributed by atoms with Crippen LogP contribution in [0.4, 0.5) is 71.5 Å². The minimum Gasteiger partial charge on any atom is -0.457 e. The summed E-state index contributed by atoms with van der Waals surface area (Å²) in [6.45, 7) is -2.21. The van der Waals surface area contributed by atoms with Crippen LogP contribution in [0.1, 0.15) is 11.1 Å². The summed E-state index contributed by atoms with van der Waals surface area (Å²) >= 11 is 0. The average Bonchev–Trinajstić information content (AvgIpc) is 2.91. The highest BCUT2D eigenvalue weighted by molar-refractivity contribution is 5.52. The number of rotatable bonds is 11. The maximum absolute atomic E-state index is 14.3. The van der Waals surface area contributed by atoms with E-state index in [0.29, 0.717) is 17.0 Å². The molecule has 0 aliphatic rings. The van der Waals surface area contributed by atoms with Crippen molar-refractivity contribution in [1.29, 1.82) is 0 Å². The van der Waals surface area contributed by atoms with Gasteiger partial charge in [0.05, 0.1) is 6.54 Å². The van der Waals surface area contributed by atoms with E-state index in [1.165, 1.54) is 0 Å². The number of nitrogens with zero attached hydrogens (tertiary/aromatic N) is 1. The van der Waals surface area contributed by atoms with Crippen molar-refractivity contribution in [3.8, 4) is 17.2 Å². The number of halogens is 15. The van der Waals surface area contributed by atoms with E-state index in [0.717, 1.165) is 48.5 Å². The van der Waals surface area contributed by atoms with Crippen molar-refractivity contribution in [2.45, 2.75) is 49.1 Å². The first-order valence-corrected chi connectivity index (χ1v) is 12.3. The Morgan fingerprint density at radius 2 is 1.17 bits per heavy atom. The molecule has 254 valence electrons. The largest absolute Gasteiger partial charge is 0.499 e. The number of anilines is 1. The maximum Gasteiger partial charge on any atom is 0.499 e. The van der Waals surface area contributed by atoms with E-state index in [-0.39, 0.29) is 23.6 Å². The van der Waals surface area contributed by atoms with Crippen LogP contribution in [0.25, 0.3) is 0 Å². The molecule has 0 amide bonds. The summed E-state index contributed by atoms with van der Waals surface area (Å²) in [6.07, 6.45) is -26.7. The Labute approximate surface area is 248 Å². The molecule has 0 radical (unpaired) electrons. The van der Waals surface area contributed by atoms with Gasteiger partial charge in [-0.1, -0.05) is 30.3 Å². The molecular weight excluding hydrogens is 671 g/mol. The van der Waals surface area contributed by atoms with Crippen LogP contribution in [0.5, 0.6) is 17.2 Å². The zero-order valence-electron chi connectivity index (χ0n) is 22.3. The van der Waals surface area contributed by atoms with Crippen molar-refractivity contribution >= 4 is 5.69 Å². The van der Waals surface area contributed by atoms with Gasteiger partial charge in [-0.05, 0) is 35.9 Å². The number of benzene rings is 3. The van der Waals surface area contributed by atoms with E-state index in [1.807, 2.05) is 0 Å². The van der Waals surface area contributed by atoms with Gasteiger partial charge in [0.2, 0.25) is 0 Å². The Morgan fingerprint density at radius 3 is 1.74 bits per heavy atom. The van der Waals surface area contributed by atoms with Crippen LogP contribution in [-0.2, 0) is 12.5 Å². The summed E-state index contributed by atoms with van der Waals surface area (Å²) < 4.78 is 206. The third-order valence-electron chi connectivity index (χ3n) is 5.98. The highest BCUT2D eigenvalue weighted by atomic mass is 19.4. The van der Waals surface area contributed by atoms with Crippen molar-refractivity contribution in [2.75, 3.05) is 11.4 Å². The number of alkyl halides is 15. The second-order valence-corrected chi connectivity index (χ2v) is 9.48. The van der Waals surface area contributed by atoms with Gasteiger partial charge >= 0.3 is 36.5 Å². The Hall–Kier alpha value is -4.03. The first-order valence-electron chi connectivity index (χ1n) is 12.3. The van der Waals surface area contributed by atoms with E-state index in [9.17, 15) is 71.0 Å². The molecule has 0 heterocycles. The zero-order valence-corrected chi connectivity index (χ0v) is 22.3. The first kappa shape index (κ1) is 36.4. The average molecular weight is 689 g/mol. The van der Waals surface area contributed by atoms with Gasteiger partial charge in [-0.25, -0.2) is 0 Å². The fourth-order valence-electron chi connectivity index (χ4n) is 3.71. The number of aliphatic hydroxyl groups is 1. The molecule has 1 atom stereocenters. The summed E-state index contributed by atoms with van der Waals surface area (Å²) in [5, 5.41) is 9.66. The molecule has 4 nitrogen and oxygen atoms in total. The molecule has 0 fully saturated rings. The van der Waals surface area contributed by atoms with Gasteiger partial charge in [-0.3, -0.25) is 0 Å². The fraction of sp³-hybridized carbons (Fsp3) is 0.333. The van der Waals surface area contributed by atoms with Crippen LogP contribution < -0.4 is 14.4 Å². The van der Waals surface area contributed by atoms with E-state index in [4.69, 9.17) is 4.74 Å². The molecule has 19 heteroatoms. The summed E-state index contributed by atoms with van der Waals surface area (Å²) in [6, 6.07) is 9.70.